The maximum Gasteiger partial charge on any atom is 0.0477 e. The zero-order valence-electron chi connectivity index (χ0n) is 15.1. The van der Waals surface area contributed by atoms with E-state index in [1.807, 2.05) is 27.7 Å². The molecule has 1 aliphatic rings. The van der Waals surface area contributed by atoms with E-state index < -0.39 is 0 Å². The summed E-state index contributed by atoms with van der Waals surface area (Å²) in [5.41, 5.74) is 0. The van der Waals surface area contributed by atoms with E-state index in [1.165, 1.54) is 45.4 Å². The van der Waals surface area contributed by atoms with Crippen LogP contribution in [-0.4, -0.2) is 56.7 Å². The molecule has 120 valence electrons. The SMILES string of the molecule is CC.CC.CCCCN(C)CC.CN1CCCNC1. The Labute approximate surface area is 123 Å². The molecule has 0 radical (unpaired) electrons. The van der Waals surface area contributed by atoms with E-state index >= 15 is 0 Å². The average Bonchev–Trinajstić information content (AvgIpc) is 2.50. The van der Waals surface area contributed by atoms with Gasteiger partial charge in [0.05, 0.1) is 0 Å². The van der Waals surface area contributed by atoms with Crippen molar-refractivity contribution in [1.82, 2.24) is 15.1 Å². The summed E-state index contributed by atoms with van der Waals surface area (Å²) in [5, 5.41) is 3.26. The zero-order chi connectivity index (χ0) is 15.5. The highest BCUT2D eigenvalue weighted by molar-refractivity contribution is 4.57. The largest absolute Gasteiger partial charge is 0.307 e. The molecule has 19 heavy (non-hydrogen) atoms. The second kappa shape index (κ2) is 23.0. The maximum atomic E-state index is 3.26. The van der Waals surface area contributed by atoms with Gasteiger partial charge in [0.1, 0.15) is 0 Å². The Bertz CT molecular complexity index is 123. The van der Waals surface area contributed by atoms with Crippen LogP contribution in [0.25, 0.3) is 0 Å². The molecule has 1 aliphatic heterocycles. The first-order valence-corrected chi connectivity index (χ1v) is 8.28. The smallest absolute Gasteiger partial charge is 0.0477 e. The fraction of sp³-hybridized carbons (Fsp3) is 1.00. The Morgan fingerprint density at radius 3 is 1.95 bits per heavy atom. The van der Waals surface area contributed by atoms with Gasteiger partial charge in [-0.2, -0.15) is 0 Å². The molecule has 0 spiro atoms. The molecular formula is C16H41N3. The van der Waals surface area contributed by atoms with Gasteiger partial charge in [-0.15, -0.1) is 0 Å². The lowest BCUT2D eigenvalue weighted by Gasteiger charge is -2.22. The van der Waals surface area contributed by atoms with Crippen molar-refractivity contribution in [2.24, 2.45) is 0 Å². The van der Waals surface area contributed by atoms with Crippen molar-refractivity contribution in [3.63, 3.8) is 0 Å². The van der Waals surface area contributed by atoms with Crippen molar-refractivity contribution < 1.29 is 0 Å². The second-order valence-corrected chi connectivity index (χ2v) is 4.34. The van der Waals surface area contributed by atoms with Gasteiger partial charge < -0.3 is 10.2 Å². The van der Waals surface area contributed by atoms with Crippen molar-refractivity contribution in [1.29, 1.82) is 0 Å². The molecule has 0 unspecified atom stereocenters. The Morgan fingerprint density at radius 2 is 1.68 bits per heavy atom. The molecule has 1 rings (SSSR count). The second-order valence-electron chi connectivity index (χ2n) is 4.34. The van der Waals surface area contributed by atoms with Crippen LogP contribution in [0.15, 0.2) is 0 Å². The minimum Gasteiger partial charge on any atom is -0.307 e. The fourth-order valence-corrected chi connectivity index (χ4v) is 1.41. The summed E-state index contributed by atoms with van der Waals surface area (Å²) in [4.78, 5) is 4.62. The van der Waals surface area contributed by atoms with Crippen LogP contribution in [0.2, 0.25) is 0 Å². The summed E-state index contributed by atoms with van der Waals surface area (Å²) in [6.07, 6.45) is 3.95. The van der Waals surface area contributed by atoms with E-state index in [2.05, 4.69) is 43.1 Å². The molecular weight excluding hydrogens is 234 g/mol. The highest BCUT2D eigenvalue weighted by atomic mass is 15.2. The van der Waals surface area contributed by atoms with Crippen LogP contribution >= 0.6 is 0 Å². The Balaban J connectivity index is -0.000000214. The van der Waals surface area contributed by atoms with Gasteiger partial charge in [0.2, 0.25) is 0 Å². The van der Waals surface area contributed by atoms with Crippen molar-refractivity contribution in [2.45, 2.75) is 60.8 Å². The van der Waals surface area contributed by atoms with Crippen molar-refractivity contribution in [2.75, 3.05) is 46.9 Å². The van der Waals surface area contributed by atoms with Crippen LogP contribution < -0.4 is 5.32 Å². The van der Waals surface area contributed by atoms with E-state index in [1.54, 1.807) is 0 Å². The molecule has 0 aromatic carbocycles. The molecule has 1 saturated heterocycles. The molecule has 0 aromatic rings. The number of hydrogen-bond acceptors (Lipinski definition) is 3. The van der Waals surface area contributed by atoms with Gasteiger partial charge in [0, 0.05) is 13.2 Å². The lowest BCUT2D eigenvalue weighted by molar-refractivity contribution is 0.261. The third-order valence-corrected chi connectivity index (χ3v) is 2.71. The first-order chi connectivity index (χ1) is 9.20. The predicted molar refractivity (Wildman–Crippen MR) is 90.9 cm³/mol. The normalized spacial score (nSPS) is 14.4. The molecule has 3 heteroatoms. The van der Waals surface area contributed by atoms with Gasteiger partial charge in [-0.05, 0) is 46.6 Å². The van der Waals surface area contributed by atoms with E-state index in [4.69, 9.17) is 0 Å². The highest BCUT2D eigenvalue weighted by Crippen LogP contribution is 1.89. The minimum absolute atomic E-state index is 1.07. The van der Waals surface area contributed by atoms with Crippen molar-refractivity contribution >= 4 is 0 Å². The molecule has 1 heterocycles. The van der Waals surface area contributed by atoms with E-state index in [0.717, 1.165) is 6.67 Å². The Morgan fingerprint density at radius 1 is 1.11 bits per heavy atom. The summed E-state index contributed by atoms with van der Waals surface area (Å²) >= 11 is 0. The molecule has 0 amide bonds. The molecule has 0 atom stereocenters. The van der Waals surface area contributed by atoms with Gasteiger partial charge in [0.15, 0.2) is 0 Å². The van der Waals surface area contributed by atoms with E-state index in [9.17, 15) is 0 Å². The standard InChI is InChI=1S/C7H17N.C5H12N2.2C2H6/c1-4-6-7-8(3)5-2;1-7-4-2-3-6-5-7;2*1-2/h4-7H2,1-3H3;6H,2-5H2,1H3;2*1-2H3. The summed E-state index contributed by atoms with van der Waals surface area (Å²) in [5.74, 6) is 0. The van der Waals surface area contributed by atoms with Crippen LogP contribution in [0, 0.1) is 0 Å². The van der Waals surface area contributed by atoms with Gasteiger partial charge in [0.25, 0.3) is 0 Å². The van der Waals surface area contributed by atoms with Crippen LogP contribution in [-0.2, 0) is 0 Å². The summed E-state index contributed by atoms with van der Waals surface area (Å²) in [7, 11) is 4.29. The highest BCUT2D eigenvalue weighted by Gasteiger charge is 2.00. The maximum absolute atomic E-state index is 3.26. The van der Waals surface area contributed by atoms with Gasteiger partial charge >= 0.3 is 0 Å². The number of unbranched alkanes of at least 4 members (excludes halogenated alkanes) is 1. The topological polar surface area (TPSA) is 18.5 Å². The number of nitrogens with one attached hydrogen (secondary N) is 1. The average molecular weight is 276 g/mol. The van der Waals surface area contributed by atoms with E-state index in [0.29, 0.717) is 0 Å². The zero-order valence-corrected chi connectivity index (χ0v) is 15.1. The van der Waals surface area contributed by atoms with Crippen LogP contribution in [0.1, 0.15) is 60.8 Å². The first-order valence-electron chi connectivity index (χ1n) is 8.28. The lowest BCUT2D eigenvalue weighted by atomic mass is 10.3. The number of rotatable bonds is 4. The van der Waals surface area contributed by atoms with Gasteiger partial charge in [-0.3, -0.25) is 4.90 Å². The van der Waals surface area contributed by atoms with Crippen molar-refractivity contribution in [3.05, 3.63) is 0 Å². The number of nitrogens with zero attached hydrogens (tertiary/aromatic N) is 2. The monoisotopic (exact) mass is 275 g/mol. The molecule has 0 aromatic heterocycles. The summed E-state index contributed by atoms with van der Waals surface area (Å²) < 4.78 is 0. The molecule has 0 aliphatic carbocycles. The van der Waals surface area contributed by atoms with E-state index in [-0.39, 0.29) is 0 Å². The number of hydrogen-bond donors (Lipinski definition) is 1. The lowest BCUT2D eigenvalue weighted by Crippen LogP contribution is -2.38. The predicted octanol–water partition coefficient (Wildman–Crippen LogP) is 3.66. The van der Waals surface area contributed by atoms with Crippen LogP contribution in [0.4, 0.5) is 0 Å². The van der Waals surface area contributed by atoms with Crippen LogP contribution in [0.5, 0.6) is 0 Å². The van der Waals surface area contributed by atoms with Gasteiger partial charge in [-0.25, -0.2) is 0 Å². The van der Waals surface area contributed by atoms with Crippen molar-refractivity contribution in [3.8, 4) is 0 Å². The summed E-state index contributed by atoms with van der Waals surface area (Å²) in [6, 6.07) is 0. The third kappa shape index (κ3) is 23.4. The molecule has 1 N–H and O–H groups in total. The van der Waals surface area contributed by atoms with Crippen LogP contribution in [0.3, 0.4) is 0 Å². The third-order valence-electron chi connectivity index (χ3n) is 2.71. The fourth-order valence-electron chi connectivity index (χ4n) is 1.41. The molecule has 0 bridgehead atoms. The first kappa shape index (κ1) is 23.9. The Hall–Kier alpha value is -0.120. The quantitative estimate of drug-likeness (QED) is 0.845. The summed E-state index contributed by atoms with van der Waals surface area (Å²) in [6.45, 7) is 18.4. The minimum atomic E-state index is 1.07. The van der Waals surface area contributed by atoms with Gasteiger partial charge in [-0.1, -0.05) is 48.0 Å². The molecule has 3 nitrogen and oxygen atoms in total. The molecule has 0 saturated carbocycles. The Kier molecular flexibility index (Phi) is 29.0. The molecule has 1 fully saturated rings.